The molecule has 1 aliphatic rings. The van der Waals surface area contributed by atoms with E-state index in [1.807, 2.05) is 24.2 Å². The van der Waals surface area contributed by atoms with Crippen LogP contribution in [0.25, 0.3) is 0 Å². The van der Waals surface area contributed by atoms with Gasteiger partial charge in [0.2, 0.25) is 0 Å². The van der Waals surface area contributed by atoms with E-state index in [0.29, 0.717) is 37.2 Å². The summed E-state index contributed by atoms with van der Waals surface area (Å²) in [6.07, 6.45) is 0.393. The molecular weight excluding hydrogens is 341 g/mol. The van der Waals surface area contributed by atoms with E-state index in [4.69, 9.17) is 0 Å². The van der Waals surface area contributed by atoms with Gasteiger partial charge in [0.15, 0.2) is 0 Å². The van der Waals surface area contributed by atoms with Crippen molar-refractivity contribution in [3.63, 3.8) is 0 Å². The van der Waals surface area contributed by atoms with Gasteiger partial charge >= 0.3 is 6.18 Å². The smallest absolute Gasteiger partial charge is 0.347 e. The second-order valence-electron chi connectivity index (χ2n) is 6.96. The van der Waals surface area contributed by atoms with Crippen LogP contribution in [-0.4, -0.2) is 28.5 Å². The Hall–Kier alpha value is -2.24. The molecule has 1 atom stereocenters. The SMILES string of the molecule is Cn1cccc1C(=O)N1CCCC(CCc2ccccc2C(F)(F)F)C1. The Morgan fingerprint density at radius 2 is 1.96 bits per heavy atom. The number of alkyl halides is 3. The van der Waals surface area contributed by atoms with Gasteiger partial charge in [0.05, 0.1) is 5.56 Å². The summed E-state index contributed by atoms with van der Waals surface area (Å²) in [5, 5.41) is 0. The van der Waals surface area contributed by atoms with Gasteiger partial charge in [-0.15, -0.1) is 0 Å². The van der Waals surface area contributed by atoms with Gasteiger partial charge in [0, 0.05) is 26.3 Å². The predicted octanol–water partition coefficient (Wildman–Crippen LogP) is 4.53. The lowest BCUT2D eigenvalue weighted by Gasteiger charge is -2.33. The summed E-state index contributed by atoms with van der Waals surface area (Å²) < 4.78 is 41.2. The number of carbonyl (C=O) groups excluding carboxylic acids is 1. The van der Waals surface area contributed by atoms with Gasteiger partial charge in [-0.2, -0.15) is 13.2 Å². The lowest BCUT2D eigenvalue weighted by molar-refractivity contribution is -0.138. The number of aromatic nitrogens is 1. The van der Waals surface area contributed by atoms with Crippen LogP contribution in [0.1, 0.15) is 40.9 Å². The quantitative estimate of drug-likeness (QED) is 0.783. The van der Waals surface area contributed by atoms with Crippen LogP contribution in [0.5, 0.6) is 0 Å². The number of halogens is 3. The van der Waals surface area contributed by atoms with E-state index < -0.39 is 11.7 Å². The number of hydrogen-bond acceptors (Lipinski definition) is 1. The van der Waals surface area contributed by atoms with Crippen molar-refractivity contribution in [2.45, 2.75) is 31.9 Å². The molecule has 1 aliphatic heterocycles. The van der Waals surface area contributed by atoms with E-state index in [1.165, 1.54) is 6.07 Å². The Bertz CT molecular complexity index is 766. The highest BCUT2D eigenvalue weighted by Crippen LogP contribution is 2.33. The number of benzene rings is 1. The van der Waals surface area contributed by atoms with Crippen molar-refractivity contribution in [1.29, 1.82) is 0 Å². The Morgan fingerprint density at radius 3 is 2.65 bits per heavy atom. The zero-order valence-electron chi connectivity index (χ0n) is 14.8. The molecule has 1 unspecified atom stereocenters. The maximum absolute atomic E-state index is 13.1. The standard InChI is InChI=1S/C20H23F3N2O/c1-24-12-5-9-18(24)19(26)25-13-4-6-15(14-25)10-11-16-7-2-3-8-17(16)20(21,22)23/h2-3,5,7-9,12,15H,4,6,10-11,13-14H2,1H3. The van der Waals surface area contributed by atoms with Crippen LogP contribution >= 0.6 is 0 Å². The van der Waals surface area contributed by atoms with E-state index in [0.717, 1.165) is 18.9 Å². The topological polar surface area (TPSA) is 25.2 Å². The first kappa shape index (κ1) is 18.5. The predicted molar refractivity (Wildman–Crippen MR) is 93.8 cm³/mol. The van der Waals surface area contributed by atoms with E-state index in [-0.39, 0.29) is 11.8 Å². The summed E-state index contributed by atoms with van der Waals surface area (Å²) in [7, 11) is 1.84. The zero-order valence-corrected chi connectivity index (χ0v) is 14.8. The van der Waals surface area contributed by atoms with Crippen molar-refractivity contribution in [3.8, 4) is 0 Å². The maximum atomic E-state index is 13.1. The Morgan fingerprint density at radius 1 is 1.19 bits per heavy atom. The Kier molecular flexibility index (Phi) is 5.39. The molecule has 0 spiro atoms. The van der Waals surface area contributed by atoms with Gasteiger partial charge < -0.3 is 9.47 Å². The number of hydrogen-bond donors (Lipinski definition) is 0. The molecule has 0 saturated carbocycles. The average Bonchev–Trinajstić information content (AvgIpc) is 3.05. The molecule has 1 amide bonds. The highest BCUT2D eigenvalue weighted by molar-refractivity contribution is 5.92. The molecule has 1 aromatic heterocycles. The Balaban J connectivity index is 1.63. The fourth-order valence-electron chi connectivity index (χ4n) is 3.70. The summed E-state index contributed by atoms with van der Waals surface area (Å²) in [5.41, 5.74) is 0.437. The molecule has 2 heterocycles. The number of likely N-dealkylation sites (tertiary alicyclic amines) is 1. The molecule has 0 radical (unpaired) electrons. The number of nitrogens with zero attached hydrogens (tertiary/aromatic N) is 2. The van der Waals surface area contributed by atoms with Crippen molar-refractivity contribution >= 4 is 5.91 Å². The highest BCUT2D eigenvalue weighted by Gasteiger charge is 2.33. The van der Waals surface area contributed by atoms with E-state index in [1.54, 1.807) is 22.8 Å². The van der Waals surface area contributed by atoms with Crippen LogP contribution in [0.2, 0.25) is 0 Å². The lowest BCUT2D eigenvalue weighted by atomic mass is 9.90. The molecule has 6 heteroatoms. The van der Waals surface area contributed by atoms with E-state index in [9.17, 15) is 18.0 Å². The summed E-state index contributed by atoms with van der Waals surface area (Å²) in [6, 6.07) is 9.40. The molecule has 1 saturated heterocycles. The minimum absolute atomic E-state index is 0.00195. The number of piperidine rings is 1. The monoisotopic (exact) mass is 364 g/mol. The van der Waals surface area contributed by atoms with Crippen LogP contribution < -0.4 is 0 Å². The molecule has 26 heavy (non-hydrogen) atoms. The molecule has 0 N–H and O–H groups in total. The van der Waals surface area contributed by atoms with Crippen LogP contribution in [0.15, 0.2) is 42.6 Å². The summed E-state index contributed by atoms with van der Waals surface area (Å²) in [5.74, 6) is 0.229. The number of carbonyl (C=O) groups is 1. The third-order valence-corrected chi connectivity index (χ3v) is 5.11. The maximum Gasteiger partial charge on any atom is 0.416 e. The van der Waals surface area contributed by atoms with Crippen molar-refractivity contribution in [2.24, 2.45) is 13.0 Å². The highest BCUT2D eigenvalue weighted by atomic mass is 19.4. The molecule has 3 nitrogen and oxygen atoms in total. The first-order valence-electron chi connectivity index (χ1n) is 8.92. The second-order valence-corrected chi connectivity index (χ2v) is 6.96. The van der Waals surface area contributed by atoms with E-state index >= 15 is 0 Å². The molecule has 2 aromatic rings. The Labute approximate surface area is 151 Å². The number of aryl methyl sites for hydroxylation is 2. The first-order valence-corrected chi connectivity index (χ1v) is 8.92. The lowest BCUT2D eigenvalue weighted by Crippen LogP contribution is -2.40. The zero-order chi connectivity index (χ0) is 18.7. The number of amides is 1. The fourth-order valence-corrected chi connectivity index (χ4v) is 3.70. The van der Waals surface area contributed by atoms with Crippen molar-refractivity contribution < 1.29 is 18.0 Å². The molecule has 1 fully saturated rings. The molecule has 0 aliphatic carbocycles. The van der Waals surface area contributed by atoms with Gasteiger partial charge in [-0.3, -0.25) is 4.79 Å². The van der Waals surface area contributed by atoms with Crippen LogP contribution in [0, 0.1) is 5.92 Å². The van der Waals surface area contributed by atoms with Gasteiger partial charge in [-0.1, -0.05) is 18.2 Å². The second kappa shape index (κ2) is 7.56. The largest absolute Gasteiger partial charge is 0.416 e. The van der Waals surface area contributed by atoms with Gasteiger partial charge in [0.25, 0.3) is 5.91 Å². The third-order valence-electron chi connectivity index (χ3n) is 5.11. The molecule has 0 bridgehead atoms. The van der Waals surface area contributed by atoms with Crippen molar-refractivity contribution in [1.82, 2.24) is 9.47 Å². The average molecular weight is 364 g/mol. The molecule has 3 rings (SSSR count). The van der Waals surface area contributed by atoms with Crippen molar-refractivity contribution in [3.05, 3.63) is 59.4 Å². The van der Waals surface area contributed by atoms with Crippen LogP contribution in [0.4, 0.5) is 13.2 Å². The van der Waals surface area contributed by atoms with Crippen molar-refractivity contribution in [2.75, 3.05) is 13.1 Å². The summed E-state index contributed by atoms with van der Waals surface area (Å²) in [6.45, 7) is 1.32. The normalized spacial score (nSPS) is 18.2. The van der Waals surface area contributed by atoms with Gasteiger partial charge in [-0.25, -0.2) is 0 Å². The van der Waals surface area contributed by atoms with E-state index in [2.05, 4.69) is 0 Å². The fraction of sp³-hybridized carbons (Fsp3) is 0.450. The van der Waals surface area contributed by atoms with Gasteiger partial charge in [0.1, 0.15) is 5.69 Å². The summed E-state index contributed by atoms with van der Waals surface area (Å²) in [4.78, 5) is 14.5. The number of rotatable bonds is 4. The molecule has 1 aromatic carbocycles. The third kappa shape index (κ3) is 4.11. The van der Waals surface area contributed by atoms with Gasteiger partial charge in [-0.05, 0) is 55.4 Å². The first-order chi connectivity index (χ1) is 12.4. The summed E-state index contributed by atoms with van der Waals surface area (Å²) >= 11 is 0. The minimum Gasteiger partial charge on any atom is -0.347 e. The minimum atomic E-state index is -4.32. The van der Waals surface area contributed by atoms with Crippen LogP contribution in [0.3, 0.4) is 0 Å². The molecular formula is C20H23F3N2O. The van der Waals surface area contributed by atoms with Crippen LogP contribution in [-0.2, 0) is 19.6 Å². The molecule has 140 valence electrons.